The minimum absolute atomic E-state index is 0.133. The van der Waals surface area contributed by atoms with E-state index in [4.69, 9.17) is 9.47 Å². The van der Waals surface area contributed by atoms with Gasteiger partial charge in [0.2, 0.25) is 0 Å². The van der Waals surface area contributed by atoms with Crippen LogP contribution in [0.5, 0.6) is 0 Å². The number of aliphatic hydroxyl groups is 4. The highest BCUT2D eigenvalue weighted by molar-refractivity contribution is 7.99. The summed E-state index contributed by atoms with van der Waals surface area (Å²) in [6.45, 7) is 6.49. The van der Waals surface area contributed by atoms with Crippen LogP contribution < -0.4 is 0 Å². The highest BCUT2D eigenvalue weighted by atomic mass is 32.2. The topological polar surface area (TPSA) is 99.4 Å². The molecule has 0 aromatic carbocycles. The van der Waals surface area contributed by atoms with Crippen molar-refractivity contribution in [2.45, 2.75) is 116 Å². The number of unbranched alkanes of at least 4 members (excludes halogenated alkanes) is 8. The van der Waals surface area contributed by atoms with E-state index in [9.17, 15) is 20.4 Å². The third-order valence-electron chi connectivity index (χ3n) is 6.39. The van der Waals surface area contributed by atoms with Crippen molar-refractivity contribution < 1.29 is 29.9 Å². The van der Waals surface area contributed by atoms with Gasteiger partial charge in [0.25, 0.3) is 0 Å². The van der Waals surface area contributed by atoms with Crippen LogP contribution in [0.4, 0.5) is 0 Å². The Morgan fingerprint density at radius 2 is 0.943 bits per heavy atom. The zero-order valence-electron chi connectivity index (χ0n) is 22.9. The van der Waals surface area contributed by atoms with Gasteiger partial charge in [0.15, 0.2) is 0 Å². The van der Waals surface area contributed by atoms with Crippen LogP contribution in [0.3, 0.4) is 0 Å². The molecule has 0 fully saturated rings. The van der Waals surface area contributed by atoms with Crippen molar-refractivity contribution in [1.29, 1.82) is 0 Å². The molecule has 0 amide bonds. The maximum atomic E-state index is 10.1. The molecule has 0 saturated carbocycles. The van der Waals surface area contributed by atoms with Gasteiger partial charge in [0, 0.05) is 13.2 Å². The molecule has 6 nitrogen and oxygen atoms in total. The Labute approximate surface area is 220 Å². The lowest BCUT2D eigenvalue weighted by Crippen LogP contribution is -2.22. The van der Waals surface area contributed by atoms with Crippen LogP contribution in [-0.4, -0.2) is 83.8 Å². The summed E-state index contributed by atoms with van der Waals surface area (Å²) in [6, 6.07) is 0. The summed E-state index contributed by atoms with van der Waals surface area (Å²) in [6.07, 6.45) is 14.0. The molecule has 35 heavy (non-hydrogen) atoms. The van der Waals surface area contributed by atoms with Gasteiger partial charge in [-0.1, -0.05) is 78.1 Å². The monoisotopic (exact) mass is 522 g/mol. The van der Waals surface area contributed by atoms with Crippen LogP contribution in [-0.2, 0) is 9.47 Å². The minimum atomic E-state index is -0.406. The lowest BCUT2D eigenvalue weighted by atomic mass is 10.1. The number of hydrogen-bond donors (Lipinski definition) is 4. The quantitative estimate of drug-likeness (QED) is 0.105. The van der Waals surface area contributed by atoms with Crippen LogP contribution in [0.15, 0.2) is 0 Å². The van der Waals surface area contributed by atoms with Crippen molar-refractivity contribution in [3.05, 3.63) is 0 Å². The van der Waals surface area contributed by atoms with Gasteiger partial charge in [-0.05, 0) is 49.0 Å². The predicted molar refractivity (Wildman–Crippen MR) is 148 cm³/mol. The first-order valence-electron chi connectivity index (χ1n) is 14.4. The highest BCUT2D eigenvalue weighted by Crippen LogP contribution is 2.19. The highest BCUT2D eigenvalue weighted by Gasteiger charge is 2.15. The van der Waals surface area contributed by atoms with Crippen LogP contribution in [0.25, 0.3) is 0 Å². The van der Waals surface area contributed by atoms with Gasteiger partial charge in [-0.3, -0.25) is 0 Å². The fourth-order valence-electron chi connectivity index (χ4n) is 4.07. The zero-order chi connectivity index (χ0) is 26.0. The van der Waals surface area contributed by atoms with Crippen molar-refractivity contribution >= 4 is 11.8 Å². The van der Waals surface area contributed by atoms with Crippen molar-refractivity contribution in [1.82, 2.24) is 0 Å². The van der Waals surface area contributed by atoms with Crippen molar-refractivity contribution in [2.75, 3.05) is 51.1 Å². The van der Waals surface area contributed by atoms with Gasteiger partial charge >= 0.3 is 0 Å². The molecule has 0 aromatic heterocycles. The van der Waals surface area contributed by atoms with Gasteiger partial charge in [0.1, 0.15) is 0 Å². The molecule has 0 aliphatic heterocycles. The van der Waals surface area contributed by atoms with Crippen LogP contribution >= 0.6 is 11.8 Å². The minimum Gasteiger partial charge on any atom is -0.396 e. The fourth-order valence-corrected chi connectivity index (χ4v) is 5.40. The number of ether oxygens (including phenoxy) is 2. The molecule has 212 valence electrons. The maximum Gasteiger partial charge on any atom is 0.0773 e. The largest absolute Gasteiger partial charge is 0.396 e. The first kappa shape index (κ1) is 35.1. The summed E-state index contributed by atoms with van der Waals surface area (Å²) in [7, 11) is 0. The lowest BCUT2D eigenvalue weighted by Gasteiger charge is -2.20. The zero-order valence-corrected chi connectivity index (χ0v) is 23.7. The summed E-state index contributed by atoms with van der Waals surface area (Å²) in [5, 5.41) is 39.1. The van der Waals surface area contributed by atoms with E-state index in [2.05, 4.69) is 13.8 Å². The Bertz CT molecular complexity index is 379. The predicted octanol–water partition coefficient (Wildman–Crippen LogP) is 5.19. The van der Waals surface area contributed by atoms with Crippen molar-refractivity contribution in [3.8, 4) is 0 Å². The van der Waals surface area contributed by atoms with E-state index >= 15 is 0 Å². The Balaban J connectivity index is 4.03. The summed E-state index contributed by atoms with van der Waals surface area (Å²) in [4.78, 5) is 0. The van der Waals surface area contributed by atoms with E-state index in [0.29, 0.717) is 39.3 Å². The number of hydrogen-bond acceptors (Lipinski definition) is 7. The van der Waals surface area contributed by atoms with Crippen molar-refractivity contribution in [2.24, 2.45) is 11.8 Å². The lowest BCUT2D eigenvalue weighted by molar-refractivity contribution is 0.0157. The van der Waals surface area contributed by atoms with Gasteiger partial charge in [-0.25, -0.2) is 0 Å². The molecule has 4 unspecified atom stereocenters. The molecule has 0 spiro atoms. The Kier molecular flexibility index (Phi) is 27.2. The van der Waals surface area contributed by atoms with E-state index in [-0.39, 0.29) is 25.0 Å². The van der Waals surface area contributed by atoms with Crippen LogP contribution in [0.1, 0.15) is 104 Å². The van der Waals surface area contributed by atoms with Gasteiger partial charge in [-0.15, -0.1) is 0 Å². The normalized spacial score (nSPS) is 15.3. The molecule has 0 radical (unpaired) electrons. The Morgan fingerprint density at radius 3 is 1.31 bits per heavy atom. The van der Waals surface area contributed by atoms with E-state index in [0.717, 1.165) is 37.2 Å². The second kappa shape index (κ2) is 27.2. The second-order valence-corrected chi connectivity index (χ2v) is 11.2. The molecule has 0 aliphatic carbocycles. The molecule has 4 atom stereocenters. The molecule has 0 aromatic rings. The molecule has 0 saturated heterocycles. The summed E-state index contributed by atoms with van der Waals surface area (Å²) < 4.78 is 11.5. The smallest absolute Gasteiger partial charge is 0.0773 e. The van der Waals surface area contributed by atoms with Gasteiger partial charge in [0.05, 0.1) is 38.6 Å². The van der Waals surface area contributed by atoms with Crippen molar-refractivity contribution in [3.63, 3.8) is 0 Å². The third-order valence-corrected chi connectivity index (χ3v) is 7.81. The van der Waals surface area contributed by atoms with Crippen LogP contribution in [0, 0.1) is 11.8 Å². The number of aliphatic hydroxyl groups excluding tert-OH is 4. The molecule has 0 heterocycles. The first-order chi connectivity index (χ1) is 17.1. The third kappa shape index (κ3) is 24.2. The number of thioether (sulfide) groups is 1. The molecule has 7 heteroatoms. The maximum absolute atomic E-state index is 10.1. The molecule has 0 bridgehead atoms. The van der Waals surface area contributed by atoms with E-state index in [1.54, 1.807) is 11.8 Å². The SMILES string of the molecule is CCCCCCCC(O)COCC(CCO)CSCC(CCO)COCC(O)CCCCCCC. The average molecular weight is 523 g/mol. The summed E-state index contributed by atoms with van der Waals surface area (Å²) >= 11 is 1.80. The van der Waals surface area contributed by atoms with E-state index < -0.39 is 12.2 Å². The molecular formula is C28H58O6S. The van der Waals surface area contributed by atoms with Gasteiger partial charge in [-0.2, -0.15) is 11.8 Å². The Morgan fingerprint density at radius 1 is 0.543 bits per heavy atom. The Hall–Kier alpha value is 0.110. The molecule has 0 aliphatic rings. The van der Waals surface area contributed by atoms with E-state index in [1.807, 2.05) is 0 Å². The molecule has 4 N–H and O–H groups in total. The first-order valence-corrected chi connectivity index (χ1v) is 15.5. The van der Waals surface area contributed by atoms with Gasteiger partial charge < -0.3 is 29.9 Å². The molecule has 0 rings (SSSR count). The van der Waals surface area contributed by atoms with Crippen LogP contribution in [0.2, 0.25) is 0 Å². The summed E-state index contributed by atoms with van der Waals surface area (Å²) in [5.74, 6) is 2.23. The number of rotatable bonds is 28. The van der Waals surface area contributed by atoms with E-state index in [1.165, 1.54) is 51.4 Å². The second-order valence-electron chi connectivity index (χ2n) is 10.1. The average Bonchev–Trinajstić information content (AvgIpc) is 2.83. The standard InChI is InChI=1S/C28H58O6S/c1-3-5-7-9-11-13-27(31)21-33-19-25(15-17-29)23-35-24-26(16-18-30)20-34-22-28(32)14-12-10-8-6-4-2/h25-32H,3-24H2,1-2H3. The molecular weight excluding hydrogens is 464 g/mol. The summed E-state index contributed by atoms with van der Waals surface area (Å²) in [5.41, 5.74) is 0. The fraction of sp³-hybridized carbons (Fsp3) is 1.00.